The lowest BCUT2D eigenvalue weighted by Crippen LogP contribution is -2.09. The first-order valence-electron chi connectivity index (χ1n) is 8.55. The minimum Gasteiger partial charge on any atom is -0.396 e. The van der Waals surface area contributed by atoms with E-state index in [1.807, 2.05) is 6.07 Å². The Morgan fingerprint density at radius 1 is 0.964 bits per heavy atom. The molecule has 0 amide bonds. The molecule has 6 nitrogen and oxygen atoms in total. The lowest BCUT2D eigenvalue weighted by atomic mass is 10.2. The quantitative estimate of drug-likeness (QED) is 0.528. The second kappa shape index (κ2) is 8.66. The number of benzene rings is 1. The van der Waals surface area contributed by atoms with Crippen LogP contribution in [0.2, 0.25) is 0 Å². The summed E-state index contributed by atoms with van der Waals surface area (Å²) in [6, 6.07) is 11.7. The van der Waals surface area contributed by atoms with Gasteiger partial charge in [-0.05, 0) is 42.8 Å². The Kier molecular flexibility index (Phi) is 6.05. The Labute approximate surface area is 159 Å². The van der Waals surface area contributed by atoms with Gasteiger partial charge in [0.15, 0.2) is 0 Å². The lowest BCUT2D eigenvalue weighted by Gasteiger charge is -2.12. The Morgan fingerprint density at radius 2 is 1.75 bits per heavy atom. The molecule has 2 heterocycles. The molecule has 0 saturated heterocycles. The Bertz CT molecular complexity index is 902. The summed E-state index contributed by atoms with van der Waals surface area (Å²) in [5.41, 5.74) is 0.920. The maximum Gasteiger partial charge on any atom is 0.416 e. The van der Waals surface area contributed by atoms with Gasteiger partial charge < -0.3 is 15.7 Å². The summed E-state index contributed by atoms with van der Waals surface area (Å²) in [7, 11) is 0. The van der Waals surface area contributed by atoms with Gasteiger partial charge in [-0.2, -0.15) is 18.2 Å². The van der Waals surface area contributed by atoms with E-state index < -0.39 is 11.7 Å². The van der Waals surface area contributed by atoms with Crippen LogP contribution in [0, 0.1) is 0 Å². The predicted molar refractivity (Wildman–Crippen MR) is 100 cm³/mol. The molecule has 0 bridgehead atoms. The van der Waals surface area contributed by atoms with Gasteiger partial charge in [-0.15, -0.1) is 0 Å². The fourth-order valence-corrected chi connectivity index (χ4v) is 2.41. The zero-order chi connectivity index (χ0) is 20.0. The van der Waals surface area contributed by atoms with Gasteiger partial charge in [0.05, 0.1) is 17.0 Å². The second-order valence-electron chi connectivity index (χ2n) is 5.88. The van der Waals surface area contributed by atoms with E-state index in [-0.39, 0.29) is 6.61 Å². The molecule has 0 spiro atoms. The number of aliphatic hydroxyl groups excluding tert-OH is 1. The highest BCUT2D eigenvalue weighted by Crippen LogP contribution is 2.30. The minimum absolute atomic E-state index is 0.0313. The molecular formula is C19H18F3N5O. The average molecular weight is 389 g/mol. The number of pyridine rings is 1. The molecule has 0 aliphatic rings. The van der Waals surface area contributed by atoms with Crippen LogP contribution in [0.3, 0.4) is 0 Å². The molecule has 3 aromatic rings. The second-order valence-corrected chi connectivity index (χ2v) is 5.88. The summed E-state index contributed by atoms with van der Waals surface area (Å²) >= 11 is 0. The molecule has 146 valence electrons. The number of nitrogens with zero attached hydrogens (tertiary/aromatic N) is 3. The van der Waals surface area contributed by atoms with Crippen LogP contribution in [0.4, 0.5) is 30.6 Å². The molecule has 0 atom stereocenters. The van der Waals surface area contributed by atoms with Crippen LogP contribution >= 0.6 is 0 Å². The molecule has 0 unspecified atom stereocenters. The van der Waals surface area contributed by atoms with E-state index in [1.165, 1.54) is 12.1 Å². The summed E-state index contributed by atoms with van der Waals surface area (Å²) in [5, 5.41) is 14.9. The first kappa shape index (κ1) is 19.6. The number of hydrogen-bond acceptors (Lipinski definition) is 6. The Balaban J connectivity index is 1.87. The standard InChI is InChI=1S/C19H18F3N5O/c20-19(21,22)13-5-7-14(8-6-13)25-17-12-16(15-4-1-2-9-23-15)26-18(27-17)24-10-3-11-28/h1-2,4-9,12,28H,3,10-11H2,(H2,24,25,26,27). The first-order chi connectivity index (χ1) is 13.5. The number of hydrogen-bond donors (Lipinski definition) is 3. The van der Waals surface area contributed by atoms with Crippen molar-refractivity contribution in [3.8, 4) is 11.4 Å². The van der Waals surface area contributed by atoms with E-state index in [9.17, 15) is 13.2 Å². The third kappa shape index (κ3) is 5.17. The number of alkyl halides is 3. The van der Waals surface area contributed by atoms with Crippen molar-refractivity contribution in [2.24, 2.45) is 0 Å². The number of rotatable bonds is 7. The molecule has 2 aromatic heterocycles. The van der Waals surface area contributed by atoms with Crippen LogP contribution < -0.4 is 10.6 Å². The fourth-order valence-electron chi connectivity index (χ4n) is 2.41. The molecule has 3 N–H and O–H groups in total. The summed E-state index contributed by atoms with van der Waals surface area (Å²) < 4.78 is 38.1. The van der Waals surface area contributed by atoms with Crippen molar-refractivity contribution in [3.63, 3.8) is 0 Å². The van der Waals surface area contributed by atoms with E-state index >= 15 is 0 Å². The molecule has 9 heteroatoms. The summed E-state index contributed by atoms with van der Waals surface area (Å²) in [4.78, 5) is 13.0. The van der Waals surface area contributed by atoms with Gasteiger partial charge >= 0.3 is 6.18 Å². The van der Waals surface area contributed by atoms with Crippen LogP contribution in [0.5, 0.6) is 0 Å². The first-order valence-corrected chi connectivity index (χ1v) is 8.55. The van der Waals surface area contributed by atoms with E-state index in [4.69, 9.17) is 5.11 Å². The molecule has 1 aromatic carbocycles. The summed E-state index contributed by atoms with van der Waals surface area (Å²) in [5.74, 6) is 0.730. The van der Waals surface area contributed by atoms with Gasteiger partial charge in [0.25, 0.3) is 0 Å². The Hall–Kier alpha value is -3.20. The smallest absolute Gasteiger partial charge is 0.396 e. The third-order valence-electron chi connectivity index (χ3n) is 3.76. The monoisotopic (exact) mass is 389 g/mol. The van der Waals surface area contributed by atoms with E-state index in [1.54, 1.807) is 24.4 Å². The van der Waals surface area contributed by atoms with E-state index in [0.717, 1.165) is 12.1 Å². The molecule has 0 aliphatic heterocycles. The highest BCUT2D eigenvalue weighted by Gasteiger charge is 2.29. The number of nitrogens with one attached hydrogen (secondary N) is 2. The Morgan fingerprint density at radius 3 is 2.39 bits per heavy atom. The zero-order valence-electron chi connectivity index (χ0n) is 14.7. The fraction of sp³-hybridized carbons (Fsp3) is 0.211. The summed E-state index contributed by atoms with van der Waals surface area (Å²) in [6.07, 6.45) is -2.22. The molecule has 0 radical (unpaired) electrons. The van der Waals surface area contributed by atoms with Crippen LogP contribution in [-0.4, -0.2) is 33.2 Å². The van der Waals surface area contributed by atoms with Crippen LogP contribution in [0.15, 0.2) is 54.7 Å². The van der Waals surface area contributed by atoms with Crippen LogP contribution in [0.1, 0.15) is 12.0 Å². The van der Waals surface area contributed by atoms with Crippen LogP contribution in [0.25, 0.3) is 11.4 Å². The molecule has 0 saturated carbocycles. The number of aliphatic hydroxyl groups is 1. The minimum atomic E-state index is -4.39. The zero-order valence-corrected chi connectivity index (χ0v) is 14.7. The van der Waals surface area contributed by atoms with Crippen molar-refractivity contribution >= 4 is 17.5 Å². The number of aromatic nitrogens is 3. The highest BCUT2D eigenvalue weighted by atomic mass is 19.4. The largest absolute Gasteiger partial charge is 0.416 e. The van der Waals surface area contributed by atoms with E-state index in [0.29, 0.717) is 41.8 Å². The van der Waals surface area contributed by atoms with Crippen molar-refractivity contribution in [1.29, 1.82) is 0 Å². The molecule has 3 rings (SSSR count). The van der Waals surface area contributed by atoms with E-state index in [2.05, 4.69) is 25.6 Å². The van der Waals surface area contributed by atoms with Crippen LogP contribution in [-0.2, 0) is 6.18 Å². The van der Waals surface area contributed by atoms with Gasteiger partial charge in [0.2, 0.25) is 5.95 Å². The number of halogens is 3. The maximum atomic E-state index is 12.7. The van der Waals surface area contributed by atoms with Gasteiger partial charge in [0.1, 0.15) is 5.82 Å². The average Bonchev–Trinajstić information content (AvgIpc) is 2.68. The van der Waals surface area contributed by atoms with Crippen molar-refractivity contribution in [3.05, 3.63) is 60.3 Å². The normalized spacial score (nSPS) is 11.3. The van der Waals surface area contributed by atoms with Crippen molar-refractivity contribution < 1.29 is 18.3 Å². The van der Waals surface area contributed by atoms with Gasteiger partial charge in [-0.1, -0.05) is 6.07 Å². The summed E-state index contributed by atoms with van der Waals surface area (Å²) in [6.45, 7) is 0.505. The maximum absolute atomic E-state index is 12.7. The van der Waals surface area contributed by atoms with Gasteiger partial charge in [0, 0.05) is 31.1 Å². The molecule has 0 aliphatic carbocycles. The van der Waals surface area contributed by atoms with Crippen molar-refractivity contribution in [1.82, 2.24) is 15.0 Å². The topological polar surface area (TPSA) is 83.0 Å². The van der Waals surface area contributed by atoms with Crippen molar-refractivity contribution in [2.75, 3.05) is 23.8 Å². The van der Waals surface area contributed by atoms with Crippen molar-refractivity contribution in [2.45, 2.75) is 12.6 Å². The highest BCUT2D eigenvalue weighted by molar-refractivity contribution is 5.65. The molecular weight excluding hydrogens is 371 g/mol. The molecule has 28 heavy (non-hydrogen) atoms. The predicted octanol–water partition coefficient (Wildman–Crippen LogP) is 4.10. The third-order valence-corrected chi connectivity index (χ3v) is 3.76. The number of anilines is 3. The SMILES string of the molecule is OCCCNc1nc(Nc2ccc(C(F)(F)F)cc2)cc(-c2ccccn2)n1. The lowest BCUT2D eigenvalue weighted by molar-refractivity contribution is -0.137. The molecule has 0 fully saturated rings. The van der Waals surface area contributed by atoms with Gasteiger partial charge in [-0.25, -0.2) is 4.98 Å². The van der Waals surface area contributed by atoms with Gasteiger partial charge in [-0.3, -0.25) is 4.98 Å².